The molecule has 2 aromatic carbocycles. The molecular weight excluding hydrogens is 425 g/mol. The van der Waals surface area contributed by atoms with Gasteiger partial charge in [0.15, 0.2) is 0 Å². The number of alkyl halides is 3. The maximum atomic E-state index is 13.0. The van der Waals surface area contributed by atoms with Gasteiger partial charge in [-0.15, -0.1) is 0 Å². The summed E-state index contributed by atoms with van der Waals surface area (Å²) in [6.07, 6.45) is -4.89. The van der Waals surface area contributed by atoms with Crippen LogP contribution in [-0.4, -0.2) is 74.2 Å². The highest BCUT2D eigenvalue weighted by atomic mass is 19.4. The fourth-order valence-corrected chi connectivity index (χ4v) is 3.48. The van der Waals surface area contributed by atoms with Crippen molar-refractivity contribution in [3.8, 4) is 0 Å². The Morgan fingerprint density at radius 1 is 1.09 bits per heavy atom. The van der Waals surface area contributed by atoms with Crippen LogP contribution < -0.4 is 0 Å². The van der Waals surface area contributed by atoms with Gasteiger partial charge in [0.25, 0.3) is 11.8 Å². The highest BCUT2D eigenvalue weighted by molar-refractivity contribution is 5.95. The van der Waals surface area contributed by atoms with Crippen LogP contribution in [-0.2, 0) is 15.7 Å². The zero-order chi connectivity index (χ0) is 23.1. The topological polar surface area (TPSA) is 59.1 Å². The average molecular weight is 450 g/mol. The van der Waals surface area contributed by atoms with Crippen molar-refractivity contribution >= 4 is 11.8 Å². The zero-order valence-corrected chi connectivity index (χ0v) is 17.7. The number of nitrogens with zero attached hydrogens (tertiary/aromatic N) is 2. The number of morpholine rings is 1. The molecular formula is C23H25F3N2O4. The largest absolute Gasteiger partial charge is 0.416 e. The zero-order valence-electron chi connectivity index (χ0n) is 17.7. The van der Waals surface area contributed by atoms with Gasteiger partial charge in [-0.2, -0.15) is 13.2 Å². The molecule has 6 nitrogen and oxygen atoms in total. The minimum Gasteiger partial charge on any atom is -0.383 e. The Labute approximate surface area is 184 Å². The lowest BCUT2D eigenvalue weighted by atomic mass is 10.1. The van der Waals surface area contributed by atoms with Gasteiger partial charge < -0.3 is 19.3 Å². The predicted molar refractivity (Wildman–Crippen MR) is 111 cm³/mol. The number of carbonyl (C=O) groups excluding carboxylic acids is 2. The molecule has 3 rings (SSSR count). The molecule has 0 saturated carbocycles. The molecule has 0 radical (unpaired) electrons. The normalized spacial score (nSPS) is 16.6. The first-order valence-electron chi connectivity index (χ1n) is 10.2. The number of rotatable bonds is 7. The smallest absolute Gasteiger partial charge is 0.383 e. The van der Waals surface area contributed by atoms with Gasteiger partial charge in [0.2, 0.25) is 0 Å². The highest BCUT2D eigenvalue weighted by Crippen LogP contribution is 2.29. The maximum absolute atomic E-state index is 13.0. The van der Waals surface area contributed by atoms with Crippen molar-refractivity contribution in [2.24, 2.45) is 0 Å². The number of carbonyl (C=O) groups is 2. The summed E-state index contributed by atoms with van der Waals surface area (Å²) in [4.78, 5) is 28.9. The van der Waals surface area contributed by atoms with Gasteiger partial charge in [0.05, 0.1) is 24.9 Å². The van der Waals surface area contributed by atoms with E-state index in [9.17, 15) is 22.8 Å². The van der Waals surface area contributed by atoms with Gasteiger partial charge in [0, 0.05) is 44.4 Å². The fraction of sp³-hybridized carbons (Fsp3) is 0.391. The Morgan fingerprint density at radius 3 is 2.41 bits per heavy atom. The molecule has 1 aliphatic heterocycles. The van der Waals surface area contributed by atoms with Crippen LogP contribution in [0.5, 0.6) is 0 Å². The van der Waals surface area contributed by atoms with Crippen molar-refractivity contribution < 1.29 is 32.2 Å². The Hall–Kier alpha value is -2.91. The first-order chi connectivity index (χ1) is 15.3. The van der Waals surface area contributed by atoms with E-state index >= 15 is 0 Å². The number of benzene rings is 2. The quantitative estimate of drug-likeness (QED) is 0.649. The molecule has 1 heterocycles. The highest BCUT2D eigenvalue weighted by Gasteiger charge is 2.31. The summed E-state index contributed by atoms with van der Waals surface area (Å²) >= 11 is 0. The predicted octanol–water partition coefficient (Wildman–Crippen LogP) is 3.34. The minimum atomic E-state index is -4.47. The van der Waals surface area contributed by atoms with Crippen LogP contribution in [0.25, 0.3) is 0 Å². The third-order valence-electron chi connectivity index (χ3n) is 5.18. The number of amides is 2. The van der Waals surface area contributed by atoms with E-state index in [4.69, 9.17) is 9.47 Å². The monoisotopic (exact) mass is 450 g/mol. The number of hydrogen-bond acceptors (Lipinski definition) is 4. The molecule has 0 bridgehead atoms. The van der Waals surface area contributed by atoms with Gasteiger partial charge in [-0.3, -0.25) is 9.59 Å². The summed E-state index contributed by atoms with van der Waals surface area (Å²) in [5.41, 5.74) is -0.101. The molecule has 9 heteroatoms. The molecule has 0 aliphatic carbocycles. The van der Waals surface area contributed by atoms with Crippen molar-refractivity contribution in [1.29, 1.82) is 0 Å². The molecule has 1 unspecified atom stereocenters. The summed E-state index contributed by atoms with van der Waals surface area (Å²) in [6.45, 7) is 1.75. The molecule has 172 valence electrons. The number of methoxy groups -OCH3 is 1. The van der Waals surface area contributed by atoms with Crippen LogP contribution in [0.1, 0.15) is 26.3 Å². The molecule has 2 amide bonds. The van der Waals surface area contributed by atoms with E-state index in [1.54, 1.807) is 29.2 Å². The van der Waals surface area contributed by atoms with Crippen molar-refractivity contribution in [2.75, 3.05) is 46.5 Å². The van der Waals surface area contributed by atoms with Crippen molar-refractivity contribution in [3.05, 3.63) is 71.3 Å². The average Bonchev–Trinajstić information content (AvgIpc) is 2.81. The molecule has 0 spiro atoms. The molecule has 1 aliphatic rings. The lowest BCUT2D eigenvalue weighted by molar-refractivity contribution is -0.137. The van der Waals surface area contributed by atoms with Crippen LogP contribution in [0.15, 0.2) is 54.6 Å². The molecule has 32 heavy (non-hydrogen) atoms. The van der Waals surface area contributed by atoms with E-state index in [0.717, 1.165) is 24.3 Å². The van der Waals surface area contributed by atoms with E-state index in [1.165, 1.54) is 12.0 Å². The Morgan fingerprint density at radius 2 is 1.78 bits per heavy atom. The van der Waals surface area contributed by atoms with Crippen molar-refractivity contribution in [2.45, 2.75) is 12.3 Å². The number of halogens is 3. The van der Waals surface area contributed by atoms with Gasteiger partial charge in [0.1, 0.15) is 0 Å². The van der Waals surface area contributed by atoms with Crippen molar-refractivity contribution in [1.82, 2.24) is 9.80 Å². The second-order valence-electron chi connectivity index (χ2n) is 7.43. The minimum absolute atomic E-state index is 0.114. The molecule has 1 fully saturated rings. The van der Waals surface area contributed by atoms with E-state index in [-0.39, 0.29) is 31.2 Å². The SMILES string of the molecule is COCCN(CC1CN(C(=O)c2ccccc2)CCO1)C(=O)c1ccc(C(F)(F)F)cc1. The van der Waals surface area contributed by atoms with Crippen LogP contribution in [0.4, 0.5) is 13.2 Å². The van der Waals surface area contributed by atoms with Crippen LogP contribution in [0.2, 0.25) is 0 Å². The van der Waals surface area contributed by atoms with E-state index < -0.39 is 23.8 Å². The summed E-state index contributed by atoms with van der Waals surface area (Å²) < 4.78 is 49.3. The maximum Gasteiger partial charge on any atom is 0.416 e. The van der Waals surface area contributed by atoms with Gasteiger partial charge in [-0.25, -0.2) is 0 Å². The number of ether oxygens (including phenoxy) is 2. The molecule has 1 saturated heterocycles. The first kappa shape index (κ1) is 23.7. The van der Waals surface area contributed by atoms with Gasteiger partial charge in [-0.05, 0) is 36.4 Å². The summed E-state index contributed by atoms with van der Waals surface area (Å²) in [7, 11) is 1.50. The summed E-state index contributed by atoms with van der Waals surface area (Å²) in [5, 5.41) is 0. The standard InChI is InChI=1S/C23H25F3N2O4/c1-31-13-11-27(22(30)18-7-9-19(10-8-18)23(24,25)26)15-20-16-28(12-14-32-20)21(29)17-5-3-2-4-6-17/h2-10,20H,11-16H2,1H3. The second kappa shape index (κ2) is 10.6. The first-order valence-corrected chi connectivity index (χ1v) is 10.2. The molecule has 1 atom stereocenters. The molecule has 2 aromatic rings. The lowest BCUT2D eigenvalue weighted by Gasteiger charge is -2.36. The lowest BCUT2D eigenvalue weighted by Crippen LogP contribution is -2.51. The third-order valence-corrected chi connectivity index (χ3v) is 5.18. The van der Waals surface area contributed by atoms with E-state index in [2.05, 4.69) is 0 Å². The van der Waals surface area contributed by atoms with Crippen LogP contribution >= 0.6 is 0 Å². The van der Waals surface area contributed by atoms with Crippen molar-refractivity contribution in [3.63, 3.8) is 0 Å². The Kier molecular flexibility index (Phi) is 7.87. The van der Waals surface area contributed by atoms with Crippen LogP contribution in [0, 0.1) is 0 Å². The van der Waals surface area contributed by atoms with Gasteiger partial charge in [-0.1, -0.05) is 18.2 Å². The summed E-state index contributed by atoms with van der Waals surface area (Å²) in [5.74, 6) is -0.540. The Bertz CT molecular complexity index is 904. The van der Waals surface area contributed by atoms with E-state index in [1.807, 2.05) is 6.07 Å². The van der Waals surface area contributed by atoms with Gasteiger partial charge >= 0.3 is 6.18 Å². The molecule has 0 N–H and O–H groups in total. The van der Waals surface area contributed by atoms with Crippen LogP contribution in [0.3, 0.4) is 0 Å². The van der Waals surface area contributed by atoms with E-state index in [0.29, 0.717) is 25.3 Å². The summed E-state index contributed by atoms with van der Waals surface area (Å²) in [6, 6.07) is 13.0. The molecule has 0 aromatic heterocycles. The Balaban J connectivity index is 1.69. The third kappa shape index (κ3) is 6.08. The second-order valence-corrected chi connectivity index (χ2v) is 7.43. The number of hydrogen-bond donors (Lipinski definition) is 0. The fourth-order valence-electron chi connectivity index (χ4n) is 3.48.